The van der Waals surface area contributed by atoms with Crippen molar-refractivity contribution in [2.24, 2.45) is 0 Å². The number of piperidine rings is 1. The third kappa shape index (κ3) is 5.78. The van der Waals surface area contributed by atoms with Gasteiger partial charge in [-0.05, 0) is 42.0 Å². The standard InChI is InChI=1S/C30H31NO5/c1-33-26-12-10-22(28(16-26)35-3)14-24-19-31(18-21-8-6-5-7-9-21)20-25(30(24)32)15-23-11-13-27(34-2)17-29(23)36-4/h5-17H,18-20H2,1-4H3/b24-14+,25-15+. The molecule has 0 saturated carbocycles. The second-order valence-electron chi connectivity index (χ2n) is 8.51. The van der Waals surface area contributed by atoms with Crippen LogP contribution in [0.4, 0.5) is 0 Å². The van der Waals surface area contributed by atoms with Crippen molar-refractivity contribution in [3.05, 3.63) is 94.6 Å². The first-order valence-electron chi connectivity index (χ1n) is 11.7. The molecule has 4 rings (SSSR count). The minimum absolute atomic E-state index is 0.00931. The molecule has 0 spiro atoms. The molecule has 1 fully saturated rings. The van der Waals surface area contributed by atoms with E-state index in [0.29, 0.717) is 47.2 Å². The molecule has 6 nitrogen and oxygen atoms in total. The van der Waals surface area contributed by atoms with Crippen LogP contribution in [0.5, 0.6) is 23.0 Å². The summed E-state index contributed by atoms with van der Waals surface area (Å²) in [4.78, 5) is 15.9. The Balaban J connectivity index is 1.74. The van der Waals surface area contributed by atoms with Crippen LogP contribution in [0.15, 0.2) is 77.9 Å². The number of hydrogen-bond donors (Lipinski definition) is 0. The highest BCUT2D eigenvalue weighted by Gasteiger charge is 2.27. The zero-order valence-corrected chi connectivity index (χ0v) is 21.1. The maximum Gasteiger partial charge on any atom is 0.187 e. The summed E-state index contributed by atoms with van der Waals surface area (Å²) in [5.41, 5.74) is 4.22. The average Bonchev–Trinajstić information content (AvgIpc) is 2.92. The van der Waals surface area contributed by atoms with Gasteiger partial charge in [-0.3, -0.25) is 9.69 Å². The summed E-state index contributed by atoms with van der Waals surface area (Å²) in [5, 5.41) is 0. The summed E-state index contributed by atoms with van der Waals surface area (Å²) in [5.74, 6) is 2.70. The summed E-state index contributed by atoms with van der Waals surface area (Å²) in [6, 6.07) is 21.4. The van der Waals surface area contributed by atoms with Crippen molar-refractivity contribution in [3.8, 4) is 23.0 Å². The quantitative estimate of drug-likeness (QED) is 0.405. The summed E-state index contributed by atoms with van der Waals surface area (Å²) in [6.07, 6.45) is 3.83. The van der Waals surface area contributed by atoms with Gasteiger partial charge in [-0.25, -0.2) is 0 Å². The molecule has 36 heavy (non-hydrogen) atoms. The van der Waals surface area contributed by atoms with Gasteiger partial charge in [-0.2, -0.15) is 0 Å². The normalized spacial score (nSPS) is 16.3. The number of methoxy groups -OCH3 is 4. The minimum Gasteiger partial charge on any atom is -0.497 e. The van der Waals surface area contributed by atoms with Gasteiger partial charge in [0.05, 0.1) is 28.4 Å². The van der Waals surface area contributed by atoms with Crippen molar-refractivity contribution in [3.63, 3.8) is 0 Å². The van der Waals surface area contributed by atoms with Gasteiger partial charge >= 0.3 is 0 Å². The highest BCUT2D eigenvalue weighted by Crippen LogP contribution is 2.31. The zero-order valence-electron chi connectivity index (χ0n) is 21.1. The van der Waals surface area contributed by atoms with E-state index < -0.39 is 0 Å². The Labute approximate surface area is 212 Å². The maximum atomic E-state index is 13.7. The van der Waals surface area contributed by atoms with E-state index in [1.165, 1.54) is 5.56 Å². The topological polar surface area (TPSA) is 57.2 Å². The molecule has 0 unspecified atom stereocenters. The lowest BCUT2D eigenvalue weighted by atomic mass is 9.93. The summed E-state index contributed by atoms with van der Waals surface area (Å²) < 4.78 is 21.8. The smallest absolute Gasteiger partial charge is 0.187 e. The van der Waals surface area contributed by atoms with Crippen LogP contribution in [-0.2, 0) is 11.3 Å². The molecule has 3 aromatic carbocycles. The second kappa shape index (κ2) is 11.6. The van der Waals surface area contributed by atoms with Crippen molar-refractivity contribution in [1.29, 1.82) is 0 Å². The maximum absolute atomic E-state index is 13.7. The number of ketones is 1. The lowest BCUT2D eigenvalue weighted by Crippen LogP contribution is -2.37. The molecule has 0 aromatic heterocycles. The van der Waals surface area contributed by atoms with Crippen LogP contribution in [0.3, 0.4) is 0 Å². The molecule has 0 N–H and O–H groups in total. The molecule has 1 aliphatic rings. The van der Waals surface area contributed by atoms with E-state index in [1.807, 2.05) is 66.7 Å². The highest BCUT2D eigenvalue weighted by atomic mass is 16.5. The lowest BCUT2D eigenvalue weighted by Gasteiger charge is -2.30. The second-order valence-corrected chi connectivity index (χ2v) is 8.51. The van der Waals surface area contributed by atoms with Crippen molar-refractivity contribution in [2.45, 2.75) is 6.54 Å². The van der Waals surface area contributed by atoms with Crippen LogP contribution in [0.25, 0.3) is 12.2 Å². The summed E-state index contributed by atoms with van der Waals surface area (Å²) in [7, 11) is 6.46. The summed E-state index contributed by atoms with van der Waals surface area (Å²) >= 11 is 0. The third-order valence-corrected chi connectivity index (χ3v) is 6.16. The Morgan fingerprint density at radius 2 is 1.19 bits per heavy atom. The first-order chi connectivity index (χ1) is 17.5. The van der Waals surface area contributed by atoms with E-state index >= 15 is 0 Å². The predicted octanol–water partition coefficient (Wildman–Crippen LogP) is 5.27. The van der Waals surface area contributed by atoms with Gasteiger partial charge in [-0.15, -0.1) is 0 Å². The van der Waals surface area contributed by atoms with Crippen LogP contribution in [0.2, 0.25) is 0 Å². The van der Waals surface area contributed by atoms with Crippen LogP contribution in [0, 0.1) is 0 Å². The van der Waals surface area contributed by atoms with Crippen LogP contribution >= 0.6 is 0 Å². The third-order valence-electron chi connectivity index (χ3n) is 6.16. The molecule has 0 aliphatic carbocycles. The number of carbonyl (C=O) groups excluding carboxylic acids is 1. The average molecular weight is 486 g/mol. The first-order valence-corrected chi connectivity index (χ1v) is 11.7. The Hall–Kier alpha value is -4.03. The summed E-state index contributed by atoms with van der Waals surface area (Å²) in [6.45, 7) is 1.78. The number of likely N-dealkylation sites (tertiary alicyclic amines) is 1. The molecule has 3 aromatic rings. The molecule has 0 bridgehead atoms. The van der Waals surface area contributed by atoms with E-state index in [0.717, 1.165) is 17.7 Å². The molecule has 0 atom stereocenters. The van der Waals surface area contributed by atoms with Gasteiger partial charge in [0, 0.05) is 54.0 Å². The fourth-order valence-corrected chi connectivity index (χ4v) is 4.31. The Bertz CT molecular complexity index is 1200. The van der Waals surface area contributed by atoms with Crippen molar-refractivity contribution < 1.29 is 23.7 Å². The van der Waals surface area contributed by atoms with E-state index in [1.54, 1.807) is 28.4 Å². The van der Waals surface area contributed by atoms with Gasteiger partial charge in [0.2, 0.25) is 0 Å². The van der Waals surface area contributed by atoms with Gasteiger partial charge in [0.15, 0.2) is 5.78 Å². The molecule has 186 valence electrons. The SMILES string of the molecule is COc1ccc(/C=C2\CN(Cc3ccccc3)C/C(=C\c3ccc(OC)cc3OC)C2=O)c(OC)c1. The van der Waals surface area contributed by atoms with Gasteiger partial charge in [0.1, 0.15) is 23.0 Å². The highest BCUT2D eigenvalue weighted by molar-refractivity contribution is 6.14. The number of ether oxygens (including phenoxy) is 4. The van der Waals surface area contributed by atoms with E-state index in [9.17, 15) is 4.79 Å². The fourth-order valence-electron chi connectivity index (χ4n) is 4.31. The zero-order chi connectivity index (χ0) is 25.5. The Kier molecular flexibility index (Phi) is 8.08. The molecular formula is C30H31NO5. The molecule has 0 radical (unpaired) electrons. The molecule has 1 heterocycles. The molecule has 0 amide bonds. The minimum atomic E-state index is 0.00931. The molecular weight excluding hydrogens is 454 g/mol. The van der Waals surface area contributed by atoms with Gasteiger partial charge < -0.3 is 18.9 Å². The monoisotopic (exact) mass is 485 g/mol. The number of Topliss-reactive ketones (excluding diaryl/α,β-unsaturated/α-hetero) is 1. The number of rotatable bonds is 8. The lowest BCUT2D eigenvalue weighted by molar-refractivity contribution is -0.113. The Morgan fingerprint density at radius 3 is 1.64 bits per heavy atom. The van der Waals surface area contributed by atoms with E-state index in [2.05, 4.69) is 17.0 Å². The van der Waals surface area contributed by atoms with Crippen molar-refractivity contribution in [2.75, 3.05) is 41.5 Å². The first kappa shape index (κ1) is 25.1. The number of nitrogens with zero attached hydrogens (tertiary/aromatic N) is 1. The predicted molar refractivity (Wildman–Crippen MR) is 142 cm³/mol. The largest absolute Gasteiger partial charge is 0.497 e. The molecule has 1 aliphatic heterocycles. The fraction of sp³-hybridized carbons (Fsp3) is 0.233. The van der Waals surface area contributed by atoms with Crippen LogP contribution in [0.1, 0.15) is 16.7 Å². The van der Waals surface area contributed by atoms with Gasteiger partial charge in [-0.1, -0.05) is 30.3 Å². The molecule has 6 heteroatoms. The van der Waals surface area contributed by atoms with Crippen molar-refractivity contribution >= 4 is 17.9 Å². The number of benzene rings is 3. The van der Waals surface area contributed by atoms with Crippen LogP contribution < -0.4 is 18.9 Å². The van der Waals surface area contributed by atoms with Crippen LogP contribution in [-0.4, -0.2) is 52.2 Å². The van der Waals surface area contributed by atoms with Crippen molar-refractivity contribution in [1.82, 2.24) is 4.90 Å². The van der Waals surface area contributed by atoms with Gasteiger partial charge in [0.25, 0.3) is 0 Å². The molecule has 1 saturated heterocycles. The number of carbonyl (C=O) groups is 1. The number of hydrogen-bond acceptors (Lipinski definition) is 6. The van der Waals surface area contributed by atoms with E-state index in [4.69, 9.17) is 18.9 Å². The van der Waals surface area contributed by atoms with E-state index in [-0.39, 0.29) is 5.78 Å². The Morgan fingerprint density at radius 1 is 0.694 bits per heavy atom.